The molecule has 0 saturated heterocycles. The third-order valence-corrected chi connectivity index (χ3v) is 2.38. The van der Waals surface area contributed by atoms with Crippen molar-refractivity contribution in [3.8, 4) is 6.07 Å². The Morgan fingerprint density at radius 1 is 1.33 bits per heavy atom. The lowest BCUT2D eigenvalue weighted by atomic mass is 10.1. The second-order valence-electron chi connectivity index (χ2n) is 4.64. The first-order valence-electron chi connectivity index (χ1n) is 4.99. The second kappa shape index (κ2) is 3.25. The van der Waals surface area contributed by atoms with Crippen LogP contribution in [0.3, 0.4) is 0 Å². The molecule has 1 unspecified atom stereocenters. The van der Waals surface area contributed by atoms with E-state index in [2.05, 4.69) is 26.8 Å². The summed E-state index contributed by atoms with van der Waals surface area (Å²) in [6.45, 7) is 6.18. The summed E-state index contributed by atoms with van der Waals surface area (Å²) in [5, 5.41) is 10.8. The number of benzene rings is 1. The van der Waals surface area contributed by atoms with E-state index in [-0.39, 0.29) is 5.54 Å². The highest BCUT2D eigenvalue weighted by molar-refractivity contribution is 5.58. The Morgan fingerprint density at radius 3 is 2.60 bits per heavy atom. The SMILES string of the molecule is CC(C)(C)N1OC(C#N)c2ccccc21. The highest BCUT2D eigenvalue weighted by Gasteiger charge is 2.35. The number of fused-ring (bicyclic) bond motifs is 1. The monoisotopic (exact) mass is 202 g/mol. The van der Waals surface area contributed by atoms with E-state index >= 15 is 0 Å². The minimum atomic E-state index is -0.472. The van der Waals surface area contributed by atoms with Crippen LogP contribution in [0.1, 0.15) is 32.4 Å². The summed E-state index contributed by atoms with van der Waals surface area (Å²) in [5.41, 5.74) is 1.81. The molecular weight excluding hydrogens is 188 g/mol. The molecule has 0 spiro atoms. The smallest absolute Gasteiger partial charge is 0.198 e. The van der Waals surface area contributed by atoms with Gasteiger partial charge in [0, 0.05) is 5.56 Å². The third-order valence-electron chi connectivity index (χ3n) is 2.38. The average molecular weight is 202 g/mol. The Kier molecular flexibility index (Phi) is 2.17. The minimum absolute atomic E-state index is 0.137. The highest BCUT2D eigenvalue weighted by Crippen LogP contribution is 2.40. The molecule has 0 aromatic heterocycles. The van der Waals surface area contributed by atoms with Gasteiger partial charge < -0.3 is 0 Å². The molecule has 1 aromatic rings. The van der Waals surface area contributed by atoms with Crippen LogP contribution in [-0.2, 0) is 4.84 Å². The molecule has 1 aromatic carbocycles. The van der Waals surface area contributed by atoms with Crippen LogP contribution in [0.4, 0.5) is 5.69 Å². The number of para-hydroxylation sites is 1. The molecule has 1 atom stereocenters. The fourth-order valence-corrected chi connectivity index (χ4v) is 1.73. The molecule has 2 rings (SSSR count). The Balaban J connectivity index is 2.48. The molecule has 15 heavy (non-hydrogen) atoms. The molecule has 1 aliphatic heterocycles. The lowest BCUT2D eigenvalue weighted by Gasteiger charge is -2.32. The van der Waals surface area contributed by atoms with Gasteiger partial charge in [-0.1, -0.05) is 18.2 Å². The first-order valence-corrected chi connectivity index (χ1v) is 4.99. The van der Waals surface area contributed by atoms with Crippen molar-refractivity contribution in [2.45, 2.75) is 32.4 Å². The van der Waals surface area contributed by atoms with Crippen LogP contribution in [0.2, 0.25) is 0 Å². The normalized spacial score (nSPS) is 19.9. The van der Waals surface area contributed by atoms with Crippen molar-refractivity contribution in [2.24, 2.45) is 0 Å². The average Bonchev–Trinajstić information content (AvgIpc) is 2.55. The van der Waals surface area contributed by atoms with Crippen LogP contribution in [0, 0.1) is 11.3 Å². The number of nitrogens with zero attached hydrogens (tertiary/aromatic N) is 2. The van der Waals surface area contributed by atoms with Crippen molar-refractivity contribution in [2.75, 3.05) is 5.06 Å². The molecule has 0 amide bonds. The molecule has 1 aliphatic rings. The van der Waals surface area contributed by atoms with Crippen molar-refractivity contribution in [1.29, 1.82) is 5.26 Å². The maximum atomic E-state index is 8.99. The molecule has 1 heterocycles. The van der Waals surface area contributed by atoms with Crippen LogP contribution in [0.25, 0.3) is 0 Å². The summed E-state index contributed by atoms with van der Waals surface area (Å²) in [5.74, 6) is 0. The van der Waals surface area contributed by atoms with Crippen molar-refractivity contribution in [3.05, 3.63) is 29.8 Å². The molecule has 78 valence electrons. The van der Waals surface area contributed by atoms with E-state index in [0.29, 0.717) is 0 Å². The number of nitriles is 1. The number of rotatable bonds is 0. The van der Waals surface area contributed by atoms with E-state index < -0.39 is 6.10 Å². The Hall–Kier alpha value is -1.53. The third kappa shape index (κ3) is 1.57. The van der Waals surface area contributed by atoms with Gasteiger partial charge in [0.05, 0.1) is 11.2 Å². The fraction of sp³-hybridized carbons (Fsp3) is 0.417. The van der Waals surface area contributed by atoms with Crippen molar-refractivity contribution in [1.82, 2.24) is 0 Å². The van der Waals surface area contributed by atoms with Gasteiger partial charge in [0.15, 0.2) is 6.10 Å². The number of hydroxylamine groups is 1. The number of hydrogen-bond acceptors (Lipinski definition) is 3. The highest BCUT2D eigenvalue weighted by atomic mass is 16.7. The molecule has 0 bridgehead atoms. The standard InChI is InChI=1S/C12H14N2O/c1-12(2,3)14-10-7-5-4-6-9(10)11(8-13)15-14/h4-7,11H,1-3H3. The van der Waals surface area contributed by atoms with Crippen molar-refractivity contribution in [3.63, 3.8) is 0 Å². The van der Waals surface area contributed by atoms with Gasteiger partial charge in [-0.15, -0.1) is 0 Å². The predicted octanol–water partition coefficient (Wildman–Crippen LogP) is 2.80. The van der Waals surface area contributed by atoms with E-state index in [1.54, 1.807) is 0 Å². The number of anilines is 1. The topological polar surface area (TPSA) is 36.3 Å². The summed E-state index contributed by atoms with van der Waals surface area (Å²) in [7, 11) is 0. The zero-order valence-electron chi connectivity index (χ0n) is 9.19. The molecule has 3 nitrogen and oxygen atoms in total. The zero-order chi connectivity index (χ0) is 11.1. The maximum Gasteiger partial charge on any atom is 0.198 e. The van der Waals surface area contributed by atoms with Crippen LogP contribution in [0.15, 0.2) is 24.3 Å². The van der Waals surface area contributed by atoms with Gasteiger partial charge in [-0.2, -0.15) is 5.26 Å². The van der Waals surface area contributed by atoms with Gasteiger partial charge in [-0.05, 0) is 26.8 Å². The van der Waals surface area contributed by atoms with E-state index in [1.807, 2.05) is 29.3 Å². The summed E-state index contributed by atoms with van der Waals surface area (Å²) >= 11 is 0. The molecule has 0 aliphatic carbocycles. The van der Waals surface area contributed by atoms with Crippen LogP contribution >= 0.6 is 0 Å². The van der Waals surface area contributed by atoms with Crippen LogP contribution in [0.5, 0.6) is 0 Å². The minimum Gasteiger partial charge on any atom is -0.249 e. The van der Waals surface area contributed by atoms with Gasteiger partial charge in [0.1, 0.15) is 6.07 Å². The van der Waals surface area contributed by atoms with E-state index in [0.717, 1.165) is 11.3 Å². The first kappa shape index (κ1) is 10.0. The summed E-state index contributed by atoms with van der Waals surface area (Å²) in [6, 6.07) is 9.97. The second-order valence-corrected chi connectivity index (χ2v) is 4.64. The summed E-state index contributed by atoms with van der Waals surface area (Å²) in [6.07, 6.45) is -0.472. The van der Waals surface area contributed by atoms with Gasteiger partial charge in [-0.25, -0.2) is 9.90 Å². The summed E-state index contributed by atoms with van der Waals surface area (Å²) in [4.78, 5) is 5.62. The lowest BCUT2D eigenvalue weighted by Crippen LogP contribution is -2.39. The van der Waals surface area contributed by atoms with Gasteiger partial charge >= 0.3 is 0 Å². The first-order chi connectivity index (χ1) is 7.04. The van der Waals surface area contributed by atoms with E-state index in [4.69, 9.17) is 10.1 Å². The Labute approximate surface area is 89.8 Å². The van der Waals surface area contributed by atoms with E-state index in [9.17, 15) is 0 Å². The molecule has 0 radical (unpaired) electrons. The molecule has 0 N–H and O–H groups in total. The van der Waals surface area contributed by atoms with Gasteiger partial charge in [0.2, 0.25) is 0 Å². The van der Waals surface area contributed by atoms with Gasteiger partial charge in [-0.3, -0.25) is 0 Å². The maximum absolute atomic E-state index is 8.99. The summed E-state index contributed by atoms with van der Waals surface area (Å²) < 4.78 is 0. The fourth-order valence-electron chi connectivity index (χ4n) is 1.73. The molecule has 3 heteroatoms. The predicted molar refractivity (Wildman–Crippen MR) is 58.1 cm³/mol. The van der Waals surface area contributed by atoms with Crippen molar-refractivity contribution >= 4 is 5.69 Å². The Morgan fingerprint density at radius 2 is 2.00 bits per heavy atom. The molecular formula is C12H14N2O. The zero-order valence-corrected chi connectivity index (χ0v) is 9.19. The molecule has 0 saturated carbocycles. The van der Waals surface area contributed by atoms with Crippen LogP contribution in [-0.4, -0.2) is 5.54 Å². The lowest BCUT2D eigenvalue weighted by molar-refractivity contribution is 0.0519. The van der Waals surface area contributed by atoms with Gasteiger partial charge in [0.25, 0.3) is 0 Å². The Bertz CT molecular complexity index is 414. The van der Waals surface area contributed by atoms with Crippen molar-refractivity contribution < 1.29 is 4.84 Å². The quantitative estimate of drug-likeness (QED) is 0.649. The van der Waals surface area contributed by atoms with E-state index in [1.165, 1.54) is 0 Å². The van der Waals surface area contributed by atoms with Crippen LogP contribution < -0.4 is 5.06 Å². The largest absolute Gasteiger partial charge is 0.249 e. The molecule has 0 fully saturated rings. The number of hydrogen-bond donors (Lipinski definition) is 0.